The third-order valence-corrected chi connectivity index (χ3v) is 5.46. The van der Waals surface area contributed by atoms with E-state index in [4.69, 9.17) is 12.8 Å². The van der Waals surface area contributed by atoms with Crippen molar-refractivity contribution >= 4 is 0 Å². The van der Waals surface area contributed by atoms with Crippen LogP contribution in [-0.2, 0) is 31.9 Å². The standard InChI is InChI=1S/C33H27N.Pt/c1-9-26-20-30(32(3,4)5)17-15-28(26)13-11-24-19-25(23-34-22-24)12-14-29-16-18-31(33(6,7)8)21-27(29)10-2;/h15-23H,3-8H3;/q-2;+2. The van der Waals surface area contributed by atoms with Gasteiger partial charge in [-0.1, -0.05) is 101 Å². The summed E-state index contributed by atoms with van der Waals surface area (Å²) in [6, 6.07) is 13.8. The molecule has 1 aromatic heterocycles. The Balaban J connectivity index is 0.00000432. The molecule has 174 valence electrons. The first-order valence-corrected chi connectivity index (χ1v) is 11.1. The third kappa shape index (κ3) is 7.25. The molecule has 0 amide bonds. The van der Waals surface area contributed by atoms with Crippen molar-refractivity contribution < 1.29 is 21.1 Å². The van der Waals surface area contributed by atoms with Crippen LogP contribution in [0.25, 0.3) is 0 Å². The van der Waals surface area contributed by atoms with Crippen LogP contribution in [0.15, 0.2) is 54.9 Å². The minimum absolute atomic E-state index is 0. The minimum Gasteiger partial charge on any atom is -0.366 e. The van der Waals surface area contributed by atoms with E-state index in [9.17, 15) is 0 Å². The Morgan fingerprint density at radius 1 is 0.571 bits per heavy atom. The molecule has 0 saturated carbocycles. The van der Waals surface area contributed by atoms with Crippen LogP contribution in [0.4, 0.5) is 0 Å². The van der Waals surface area contributed by atoms with Crippen LogP contribution in [-0.4, -0.2) is 4.98 Å². The van der Waals surface area contributed by atoms with E-state index in [0.29, 0.717) is 11.1 Å². The van der Waals surface area contributed by atoms with Crippen molar-refractivity contribution in [2.24, 2.45) is 0 Å². The minimum atomic E-state index is -0.00308. The van der Waals surface area contributed by atoms with Crippen molar-refractivity contribution in [1.29, 1.82) is 0 Å². The number of pyridine rings is 1. The van der Waals surface area contributed by atoms with E-state index in [-0.39, 0.29) is 31.9 Å². The van der Waals surface area contributed by atoms with Gasteiger partial charge in [0, 0.05) is 23.5 Å². The molecule has 35 heavy (non-hydrogen) atoms. The first kappa shape index (κ1) is 27.8. The van der Waals surface area contributed by atoms with Crippen LogP contribution >= 0.6 is 0 Å². The zero-order valence-corrected chi connectivity index (χ0v) is 23.2. The fourth-order valence-electron chi connectivity index (χ4n) is 3.30. The number of aromatic nitrogens is 1. The van der Waals surface area contributed by atoms with E-state index in [2.05, 4.69) is 82.0 Å². The second kappa shape index (κ2) is 11.3. The molecule has 0 unspecified atom stereocenters. The summed E-state index contributed by atoms with van der Waals surface area (Å²) in [4.78, 5) is 4.28. The van der Waals surface area contributed by atoms with E-state index in [1.54, 1.807) is 12.4 Å². The van der Waals surface area contributed by atoms with Gasteiger partial charge in [0.15, 0.2) is 0 Å². The molecule has 3 rings (SSSR count). The van der Waals surface area contributed by atoms with Gasteiger partial charge in [-0.2, -0.15) is 0 Å². The van der Waals surface area contributed by atoms with Crippen molar-refractivity contribution in [1.82, 2.24) is 4.98 Å². The Hall–Kier alpha value is -3.48. The molecule has 0 saturated heterocycles. The molecular weight excluding hydrogens is 605 g/mol. The first-order chi connectivity index (χ1) is 16.0. The first-order valence-electron chi connectivity index (χ1n) is 11.1. The van der Waals surface area contributed by atoms with Crippen molar-refractivity contribution in [3.63, 3.8) is 0 Å². The van der Waals surface area contributed by atoms with E-state index < -0.39 is 0 Å². The largest absolute Gasteiger partial charge is 2.00 e. The molecule has 0 atom stereocenters. The predicted molar refractivity (Wildman–Crippen MR) is 139 cm³/mol. The summed E-state index contributed by atoms with van der Waals surface area (Å²) in [7, 11) is 0. The number of hydrogen-bond donors (Lipinski definition) is 0. The maximum Gasteiger partial charge on any atom is 2.00 e. The Morgan fingerprint density at radius 3 is 1.31 bits per heavy atom. The summed E-state index contributed by atoms with van der Waals surface area (Å²) in [6.45, 7) is 12.8. The van der Waals surface area contributed by atoms with Crippen LogP contribution in [0, 0.1) is 48.4 Å². The SMILES string of the molecule is [C-]#Cc1cc(C(C)(C)C)ccc1C#Cc1cncc(C#Cc2ccc(C(C)(C)C)cc2C#[C-])c1.[Pt+2]. The summed E-state index contributed by atoms with van der Waals surface area (Å²) in [6.07, 6.45) is 18.7. The zero-order chi connectivity index (χ0) is 24.9. The van der Waals surface area contributed by atoms with Crippen molar-refractivity contribution in [3.05, 3.63) is 112 Å². The van der Waals surface area contributed by atoms with Gasteiger partial charge in [0.25, 0.3) is 0 Å². The van der Waals surface area contributed by atoms with E-state index in [0.717, 1.165) is 33.4 Å². The van der Waals surface area contributed by atoms with Gasteiger partial charge in [-0.25, -0.2) is 0 Å². The molecule has 2 aromatic carbocycles. The summed E-state index contributed by atoms with van der Waals surface area (Å²) in [5.74, 6) is 17.6. The van der Waals surface area contributed by atoms with Crippen LogP contribution in [0.3, 0.4) is 0 Å². The van der Waals surface area contributed by atoms with E-state index >= 15 is 0 Å². The summed E-state index contributed by atoms with van der Waals surface area (Å²) in [5.41, 5.74) is 6.63. The number of hydrogen-bond acceptors (Lipinski definition) is 1. The van der Waals surface area contributed by atoms with Crippen molar-refractivity contribution in [2.75, 3.05) is 0 Å². The van der Waals surface area contributed by atoms with Crippen LogP contribution in [0.1, 0.15) is 86.1 Å². The molecule has 0 aliphatic rings. The van der Waals surface area contributed by atoms with Gasteiger partial charge < -0.3 is 12.8 Å². The normalized spacial score (nSPS) is 10.4. The van der Waals surface area contributed by atoms with Gasteiger partial charge in [0.1, 0.15) is 0 Å². The second-order valence-corrected chi connectivity index (χ2v) is 10.2. The summed E-state index contributed by atoms with van der Waals surface area (Å²) < 4.78 is 0. The molecule has 1 heterocycles. The fraction of sp³-hybridized carbons (Fsp3) is 0.242. The predicted octanol–water partition coefficient (Wildman–Crippen LogP) is 6.35. The van der Waals surface area contributed by atoms with Gasteiger partial charge in [-0.15, -0.1) is 23.3 Å². The van der Waals surface area contributed by atoms with Gasteiger partial charge in [-0.05, 0) is 28.0 Å². The Labute approximate surface area is 225 Å². The van der Waals surface area contributed by atoms with Crippen LogP contribution in [0.5, 0.6) is 0 Å². The molecule has 0 aliphatic carbocycles. The molecule has 0 aliphatic heterocycles. The van der Waals surface area contributed by atoms with Gasteiger partial charge >= 0.3 is 21.1 Å². The van der Waals surface area contributed by atoms with E-state index in [1.165, 1.54) is 0 Å². The van der Waals surface area contributed by atoms with Crippen LogP contribution in [0.2, 0.25) is 0 Å². The third-order valence-electron chi connectivity index (χ3n) is 5.46. The maximum atomic E-state index is 7.65. The Bertz CT molecular complexity index is 1330. The topological polar surface area (TPSA) is 12.9 Å². The molecular formula is C33H27NPt. The van der Waals surface area contributed by atoms with Crippen molar-refractivity contribution in [3.8, 4) is 35.5 Å². The van der Waals surface area contributed by atoms with Gasteiger partial charge in [0.05, 0.1) is 0 Å². The quantitative estimate of drug-likeness (QED) is 0.208. The summed E-state index contributed by atoms with van der Waals surface area (Å²) in [5, 5.41) is 0. The number of nitrogens with zero attached hydrogens (tertiary/aromatic N) is 1. The summed E-state index contributed by atoms with van der Waals surface area (Å²) >= 11 is 0. The number of benzene rings is 2. The maximum absolute atomic E-state index is 7.65. The van der Waals surface area contributed by atoms with Gasteiger partial charge in [0.2, 0.25) is 0 Å². The Kier molecular flexibility index (Phi) is 8.96. The van der Waals surface area contributed by atoms with Gasteiger partial charge in [-0.3, -0.25) is 16.8 Å². The second-order valence-electron chi connectivity index (χ2n) is 10.2. The van der Waals surface area contributed by atoms with Crippen LogP contribution < -0.4 is 0 Å². The average Bonchev–Trinajstić information content (AvgIpc) is 2.80. The fourth-order valence-corrected chi connectivity index (χ4v) is 3.30. The molecule has 2 heteroatoms. The molecule has 0 N–H and O–H groups in total. The smallest absolute Gasteiger partial charge is 0.366 e. The monoisotopic (exact) mass is 632 g/mol. The van der Waals surface area contributed by atoms with Crippen molar-refractivity contribution in [2.45, 2.75) is 52.4 Å². The number of rotatable bonds is 0. The average molecular weight is 633 g/mol. The molecule has 0 bridgehead atoms. The Morgan fingerprint density at radius 2 is 0.971 bits per heavy atom. The van der Waals surface area contributed by atoms with E-state index in [1.807, 2.05) is 42.5 Å². The molecule has 3 aromatic rings. The molecule has 1 nitrogen and oxygen atoms in total. The molecule has 0 radical (unpaired) electrons. The molecule has 0 fully saturated rings. The molecule has 0 spiro atoms. The zero-order valence-electron chi connectivity index (χ0n) is 21.0.